The third-order valence-corrected chi connectivity index (χ3v) is 10.9. The number of hydrogen-bond donors (Lipinski definition) is 0. The van der Waals surface area contributed by atoms with Crippen LogP contribution in [0.1, 0.15) is 39.9 Å². The third kappa shape index (κ3) is 5.07. The number of carbonyl (C=O) groups is 1. The molecule has 0 atom stereocenters. The summed E-state index contributed by atoms with van der Waals surface area (Å²) in [5.74, 6) is -1.96. The minimum atomic E-state index is -5.49. The molecule has 17 heteroatoms. The molecule has 0 aromatic heterocycles. The van der Waals surface area contributed by atoms with Crippen LogP contribution in [0.15, 0.2) is 43.0 Å². The molecule has 0 amide bonds. The maximum Gasteiger partial charge on any atom is 0.501 e. The molecule has 0 unspecified atom stereocenters. The second kappa shape index (κ2) is 10.1. The van der Waals surface area contributed by atoms with Crippen LogP contribution in [0.5, 0.6) is 0 Å². The molecule has 1 aliphatic heterocycles. The van der Waals surface area contributed by atoms with Crippen molar-refractivity contribution in [2.24, 2.45) is 0 Å². The largest absolute Gasteiger partial charge is 0.501 e. The second-order valence-electron chi connectivity index (χ2n) is 8.57. The Hall–Kier alpha value is -1.53. The second-order valence-corrected chi connectivity index (χ2v) is 14.1. The lowest BCUT2D eigenvalue weighted by Gasteiger charge is -2.25. The number of benzene rings is 2. The van der Waals surface area contributed by atoms with Gasteiger partial charge in [-0.05, 0) is 48.2 Å². The van der Waals surface area contributed by atoms with Crippen molar-refractivity contribution in [1.29, 1.82) is 0 Å². The number of halogens is 8. The van der Waals surface area contributed by atoms with Crippen molar-refractivity contribution >= 4 is 57.3 Å². The molecule has 0 radical (unpaired) electrons. The number of sulfone groups is 2. The molecule has 3 aliphatic rings. The molecule has 1 spiro atoms. The van der Waals surface area contributed by atoms with Crippen LogP contribution < -0.4 is 0 Å². The van der Waals surface area contributed by atoms with Crippen LogP contribution in [0.4, 0.5) is 26.3 Å². The molecule has 0 N–H and O–H groups in total. The number of ether oxygens (including phenoxy) is 2. The number of hydrogen-bond acceptors (Lipinski definition) is 7. The molecule has 0 saturated carbocycles. The predicted molar refractivity (Wildman–Crippen MR) is 129 cm³/mol. The van der Waals surface area contributed by atoms with Gasteiger partial charge in [-0.15, -0.1) is 0 Å². The lowest BCUT2D eigenvalue weighted by molar-refractivity contribution is -0.164. The summed E-state index contributed by atoms with van der Waals surface area (Å²) in [6.07, 6.45) is 0.955. The summed E-state index contributed by atoms with van der Waals surface area (Å²) in [7, 11) is -11.0. The van der Waals surface area contributed by atoms with Crippen LogP contribution in [-0.4, -0.2) is 46.8 Å². The van der Waals surface area contributed by atoms with Crippen LogP contribution in [0.2, 0.25) is 0 Å². The van der Waals surface area contributed by atoms with Gasteiger partial charge in [-0.2, -0.15) is 26.3 Å². The smallest absolute Gasteiger partial charge is 0.343 e. The van der Waals surface area contributed by atoms with E-state index in [4.69, 9.17) is 9.47 Å². The number of fused-ring (bicyclic) bond motifs is 3. The molecule has 5 rings (SSSR count). The van der Waals surface area contributed by atoms with Crippen molar-refractivity contribution in [3.05, 3.63) is 55.5 Å². The first-order valence-electron chi connectivity index (χ1n) is 10.9. The van der Waals surface area contributed by atoms with E-state index in [0.29, 0.717) is 32.9 Å². The van der Waals surface area contributed by atoms with E-state index in [1.54, 1.807) is 0 Å². The van der Waals surface area contributed by atoms with Gasteiger partial charge >= 0.3 is 11.0 Å². The molecule has 0 bridgehead atoms. The van der Waals surface area contributed by atoms with E-state index < -0.39 is 52.1 Å². The van der Waals surface area contributed by atoms with E-state index in [-0.39, 0.29) is 37.2 Å². The van der Waals surface area contributed by atoms with E-state index in [1.165, 1.54) is 12.1 Å². The first kappa shape index (κ1) is 30.4. The zero-order valence-electron chi connectivity index (χ0n) is 19.2. The Morgan fingerprint density at radius 3 is 1.74 bits per heavy atom. The van der Waals surface area contributed by atoms with Gasteiger partial charge in [-0.1, -0.05) is 31.9 Å². The Labute approximate surface area is 234 Å². The topological polar surface area (TPSA) is 104 Å². The van der Waals surface area contributed by atoms with Gasteiger partial charge in [-0.25, -0.2) is 16.8 Å². The summed E-state index contributed by atoms with van der Waals surface area (Å²) >= 11 is 6.34. The van der Waals surface area contributed by atoms with Crippen molar-refractivity contribution < 1.29 is 57.4 Å². The van der Waals surface area contributed by atoms with Crippen LogP contribution in [-0.2, 0) is 47.8 Å². The Balaban J connectivity index is 0.000000183. The number of Topliss-reactive ketones (excluding diaryl/α,β-unsaturated/α-hetero) is 1. The molecule has 1 saturated heterocycles. The number of ketones is 1. The van der Waals surface area contributed by atoms with Crippen molar-refractivity contribution in [1.82, 2.24) is 0 Å². The first-order chi connectivity index (χ1) is 17.8. The zero-order valence-corrected chi connectivity index (χ0v) is 24.1. The highest BCUT2D eigenvalue weighted by molar-refractivity contribution is 9.10. The maximum atomic E-state index is 12.9. The van der Waals surface area contributed by atoms with E-state index in [9.17, 15) is 48.0 Å². The van der Waals surface area contributed by atoms with Gasteiger partial charge in [0.15, 0.2) is 11.6 Å². The monoisotopic (exact) mass is 728 g/mol. The summed E-state index contributed by atoms with van der Waals surface area (Å²) in [5, 5.41) is 0. The third-order valence-electron chi connectivity index (χ3n) is 6.34. The van der Waals surface area contributed by atoms with Crippen LogP contribution in [0, 0.1) is 0 Å². The predicted octanol–water partition coefficient (Wildman–Crippen LogP) is 5.76. The standard InChI is InChI=1S/C12H10BrF3O4S.C10H6BrF3O3S/c13-8-1-2-9(21(17,18)12(14,15)16)10-7(8)3-4-11(10)19-5-6-20-11;11-6-2-4-8(18(16,17)10(12,13)14)9-5(6)1-3-7(9)15/h1-2H,3-6H2;2,4H,1,3H2. The van der Waals surface area contributed by atoms with Crippen LogP contribution >= 0.6 is 31.9 Å². The van der Waals surface area contributed by atoms with E-state index in [0.717, 1.165) is 12.1 Å². The average Bonchev–Trinajstić information content (AvgIpc) is 3.55. The molecule has 1 fully saturated rings. The normalized spacial score (nSPS) is 18.6. The van der Waals surface area contributed by atoms with Crippen LogP contribution in [0.25, 0.3) is 0 Å². The molecule has 39 heavy (non-hydrogen) atoms. The highest BCUT2D eigenvalue weighted by Gasteiger charge is 2.54. The lowest BCUT2D eigenvalue weighted by Crippen LogP contribution is -2.30. The van der Waals surface area contributed by atoms with Gasteiger partial charge in [-0.3, -0.25) is 4.79 Å². The van der Waals surface area contributed by atoms with E-state index in [1.807, 2.05) is 0 Å². The fourth-order valence-corrected chi connectivity index (χ4v) is 7.74. The van der Waals surface area contributed by atoms with Gasteiger partial charge in [0, 0.05) is 32.9 Å². The molecular weight excluding hydrogens is 714 g/mol. The molecule has 7 nitrogen and oxygen atoms in total. The SMILES string of the molecule is O=C1CCc2c(Br)ccc(S(=O)(=O)C(F)(F)F)c21.O=S(=O)(c1ccc(Br)c2c1C1(CC2)OCCO1)C(F)(F)F. The fraction of sp³-hybridized carbons (Fsp3) is 0.409. The Morgan fingerprint density at radius 2 is 1.21 bits per heavy atom. The maximum absolute atomic E-state index is 12.9. The molecule has 2 aromatic carbocycles. The summed E-state index contributed by atoms with van der Waals surface area (Å²) in [5.41, 5.74) is -10.3. The van der Waals surface area contributed by atoms with Crippen molar-refractivity contribution in [2.45, 2.75) is 52.3 Å². The molecule has 2 aliphatic carbocycles. The Kier molecular flexibility index (Phi) is 7.86. The molecule has 2 aromatic rings. The number of rotatable bonds is 2. The zero-order chi connectivity index (χ0) is 29.2. The van der Waals surface area contributed by atoms with Gasteiger partial charge < -0.3 is 9.47 Å². The first-order valence-corrected chi connectivity index (χ1v) is 15.5. The fourth-order valence-electron chi connectivity index (χ4n) is 4.63. The summed E-state index contributed by atoms with van der Waals surface area (Å²) in [4.78, 5) is 9.83. The Morgan fingerprint density at radius 1 is 0.718 bits per heavy atom. The lowest BCUT2D eigenvalue weighted by atomic mass is 10.1. The van der Waals surface area contributed by atoms with Crippen molar-refractivity contribution in [3.63, 3.8) is 0 Å². The highest BCUT2D eigenvalue weighted by Crippen LogP contribution is 2.50. The average molecular weight is 730 g/mol. The van der Waals surface area contributed by atoms with Gasteiger partial charge in [0.1, 0.15) is 0 Å². The minimum Gasteiger partial charge on any atom is -0.343 e. The molecular formula is C22H16Br2F6O7S2. The molecule has 1 heterocycles. The van der Waals surface area contributed by atoms with Gasteiger partial charge in [0.05, 0.1) is 23.0 Å². The highest BCUT2D eigenvalue weighted by atomic mass is 79.9. The summed E-state index contributed by atoms with van der Waals surface area (Å²) < 4.78 is 134. The summed E-state index contributed by atoms with van der Waals surface area (Å²) in [6, 6.07) is 4.29. The number of alkyl halides is 6. The van der Waals surface area contributed by atoms with E-state index >= 15 is 0 Å². The van der Waals surface area contributed by atoms with E-state index in [2.05, 4.69) is 31.9 Å². The van der Waals surface area contributed by atoms with Crippen molar-refractivity contribution in [3.8, 4) is 0 Å². The minimum absolute atomic E-state index is 0.0216. The summed E-state index contributed by atoms with van der Waals surface area (Å²) in [6.45, 7) is 0.439. The quantitative estimate of drug-likeness (QED) is 0.363. The Bertz CT molecular complexity index is 1560. The van der Waals surface area contributed by atoms with Gasteiger partial charge in [0.25, 0.3) is 19.7 Å². The van der Waals surface area contributed by atoms with Gasteiger partial charge in [0.2, 0.25) is 0 Å². The number of carbonyl (C=O) groups excluding carboxylic acids is 1. The van der Waals surface area contributed by atoms with Crippen LogP contribution in [0.3, 0.4) is 0 Å². The molecule has 214 valence electrons. The van der Waals surface area contributed by atoms with Crippen molar-refractivity contribution in [2.75, 3.05) is 13.2 Å².